The highest BCUT2D eigenvalue weighted by Gasteiger charge is 2.12. The maximum Gasteiger partial charge on any atom is 0.242 e. The molecule has 1 rings (SSSR count). The molecule has 0 radical (unpaired) electrons. The van der Waals surface area contributed by atoms with Crippen molar-refractivity contribution in [3.63, 3.8) is 0 Å². The summed E-state index contributed by atoms with van der Waals surface area (Å²) >= 11 is 1.09. The van der Waals surface area contributed by atoms with Gasteiger partial charge in [0.15, 0.2) is 0 Å². The van der Waals surface area contributed by atoms with E-state index in [0.29, 0.717) is 5.00 Å². The lowest BCUT2D eigenvalue weighted by Crippen LogP contribution is -2.34. The van der Waals surface area contributed by atoms with E-state index in [1.54, 1.807) is 0 Å². The number of terminal acetylenes is 1. The molecule has 0 spiro atoms. The molecule has 1 amide bonds. The van der Waals surface area contributed by atoms with Crippen LogP contribution >= 0.6 is 11.5 Å². The third kappa shape index (κ3) is 2.82. The van der Waals surface area contributed by atoms with Crippen molar-refractivity contribution in [1.82, 2.24) is 9.59 Å². The molecule has 6 heteroatoms. The molecule has 1 heterocycles. The number of hydrogen-bond donors (Lipinski definition) is 2. The van der Waals surface area contributed by atoms with Gasteiger partial charge in [0.1, 0.15) is 5.00 Å². The van der Waals surface area contributed by atoms with Crippen LogP contribution in [0.1, 0.15) is 6.42 Å². The zero-order chi connectivity index (χ0) is 9.68. The number of nitrogens with zero attached hydrogens (tertiary/aromatic N) is 2. The monoisotopic (exact) mass is 196 g/mol. The first-order valence-electron chi connectivity index (χ1n) is 3.51. The highest BCUT2D eigenvalue weighted by Crippen LogP contribution is 2.09. The van der Waals surface area contributed by atoms with E-state index in [9.17, 15) is 4.79 Å². The van der Waals surface area contributed by atoms with E-state index in [-0.39, 0.29) is 12.3 Å². The van der Waals surface area contributed by atoms with Crippen LogP contribution in [-0.2, 0) is 4.79 Å². The van der Waals surface area contributed by atoms with Crippen molar-refractivity contribution in [3.05, 3.63) is 6.20 Å². The lowest BCUT2D eigenvalue weighted by molar-refractivity contribution is -0.117. The number of hydrogen-bond acceptors (Lipinski definition) is 5. The molecule has 0 aromatic carbocycles. The molecular formula is C7H8N4OS. The first-order chi connectivity index (χ1) is 6.24. The van der Waals surface area contributed by atoms with Gasteiger partial charge in [-0.2, -0.15) is 0 Å². The van der Waals surface area contributed by atoms with Gasteiger partial charge in [-0.25, -0.2) is 0 Å². The van der Waals surface area contributed by atoms with Crippen molar-refractivity contribution >= 4 is 22.4 Å². The summed E-state index contributed by atoms with van der Waals surface area (Å²) in [6.45, 7) is 0. The fourth-order valence-corrected chi connectivity index (χ4v) is 1.08. The SMILES string of the molecule is C#CCC(N)C(=O)Nc1cnns1. The molecule has 3 N–H and O–H groups in total. The minimum atomic E-state index is -0.674. The smallest absolute Gasteiger partial charge is 0.242 e. The lowest BCUT2D eigenvalue weighted by atomic mass is 10.2. The number of carbonyl (C=O) groups is 1. The van der Waals surface area contributed by atoms with Crippen LogP contribution in [0.15, 0.2) is 6.20 Å². The average Bonchev–Trinajstić information content (AvgIpc) is 2.57. The van der Waals surface area contributed by atoms with Gasteiger partial charge in [0.25, 0.3) is 0 Å². The highest BCUT2D eigenvalue weighted by molar-refractivity contribution is 7.10. The summed E-state index contributed by atoms with van der Waals surface area (Å²) < 4.78 is 3.58. The van der Waals surface area contributed by atoms with Gasteiger partial charge in [0, 0.05) is 18.0 Å². The van der Waals surface area contributed by atoms with E-state index in [2.05, 4.69) is 20.8 Å². The van der Waals surface area contributed by atoms with Gasteiger partial charge in [0.05, 0.1) is 12.2 Å². The Labute approximate surface area is 79.5 Å². The van der Waals surface area contributed by atoms with Crippen LogP contribution < -0.4 is 11.1 Å². The standard InChI is InChI=1S/C7H8N4OS/c1-2-3-5(8)7(12)10-6-4-9-11-13-6/h1,4-5H,3,8H2,(H,10,12). The maximum absolute atomic E-state index is 11.2. The van der Waals surface area contributed by atoms with Gasteiger partial charge >= 0.3 is 0 Å². The number of aromatic nitrogens is 2. The highest BCUT2D eigenvalue weighted by atomic mass is 32.1. The van der Waals surface area contributed by atoms with E-state index >= 15 is 0 Å². The van der Waals surface area contributed by atoms with Crippen LogP contribution in [0.25, 0.3) is 0 Å². The molecule has 0 aliphatic heterocycles. The number of nitrogens with one attached hydrogen (secondary N) is 1. The predicted octanol–water partition coefficient (Wildman–Crippen LogP) is -0.173. The fraction of sp³-hybridized carbons (Fsp3) is 0.286. The van der Waals surface area contributed by atoms with Gasteiger partial charge < -0.3 is 11.1 Å². The minimum Gasteiger partial charge on any atom is -0.319 e. The lowest BCUT2D eigenvalue weighted by Gasteiger charge is -2.06. The Morgan fingerprint density at radius 2 is 2.69 bits per heavy atom. The molecule has 68 valence electrons. The van der Waals surface area contributed by atoms with E-state index in [0.717, 1.165) is 11.5 Å². The summed E-state index contributed by atoms with van der Waals surface area (Å²) in [4.78, 5) is 11.2. The van der Waals surface area contributed by atoms with Gasteiger partial charge in [-0.15, -0.1) is 17.4 Å². The summed E-state index contributed by atoms with van der Waals surface area (Å²) in [6, 6.07) is -0.674. The van der Waals surface area contributed by atoms with Gasteiger partial charge in [0.2, 0.25) is 5.91 Å². The topological polar surface area (TPSA) is 80.9 Å². The molecular weight excluding hydrogens is 188 g/mol. The summed E-state index contributed by atoms with van der Waals surface area (Å²) in [5.74, 6) is 2.00. The summed E-state index contributed by atoms with van der Waals surface area (Å²) in [5.41, 5.74) is 5.45. The largest absolute Gasteiger partial charge is 0.319 e. The van der Waals surface area contributed by atoms with Crippen LogP contribution in [0.4, 0.5) is 5.00 Å². The molecule has 0 fully saturated rings. The van der Waals surface area contributed by atoms with Crippen molar-refractivity contribution in [2.75, 3.05) is 5.32 Å². The normalized spacial score (nSPS) is 11.7. The molecule has 1 aromatic heterocycles. The number of anilines is 1. The number of amides is 1. The molecule has 5 nitrogen and oxygen atoms in total. The molecule has 0 saturated carbocycles. The first-order valence-corrected chi connectivity index (χ1v) is 4.28. The van der Waals surface area contributed by atoms with Crippen molar-refractivity contribution in [3.8, 4) is 12.3 Å². The van der Waals surface area contributed by atoms with E-state index < -0.39 is 6.04 Å². The molecule has 13 heavy (non-hydrogen) atoms. The van der Waals surface area contributed by atoms with Gasteiger partial charge in [-0.05, 0) is 0 Å². The number of carbonyl (C=O) groups excluding carboxylic acids is 1. The molecule has 1 aromatic rings. The fourth-order valence-electron chi connectivity index (χ4n) is 0.656. The Balaban J connectivity index is 2.47. The Morgan fingerprint density at radius 1 is 1.92 bits per heavy atom. The van der Waals surface area contributed by atoms with Crippen molar-refractivity contribution in [2.45, 2.75) is 12.5 Å². The summed E-state index contributed by atoms with van der Waals surface area (Å²) in [6.07, 6.45) is 6.68. The van der Waals surface area contributed by atoms with Crippen LogP contribution in [0.3, 0.4) is 0 Å². The van der Waals surface area contributed by atoms with Crippen LogP contribution in [0, 0.1) is 12.3 Å². The van der Waals surface area contributed by atoms with E-state index in [1.165, 1.54) is 6.20 Å². The number of nitrogens with two attached hydrogens (primary N) is 1. The average molecular weight is 196 g/mol. The van der Waals surface area contributed by atoms with E-state index in [4.69, 9.17) is 12.2 Å². The second kappa shape index (κ2) is 4.54. The zero-order valence-electron chi connectivity index (χ0n) is 6.73. The summed E-state index contributed by atoms with van der Waals surface area (Å²) in [5, 5.41) is 6.66. The van der Waals surface area contributed by atoms with Crippen LogP contribution in [-0.4, -0.2) is 21.5 Å². The number of rotatable bonds is 3. The zero-order valence-corrected chi connectivity index (χ0v) is 7.54. The molecule has 0 bridgehead atoms. The summed E-state index contributed by atoms with van der Waals surface area (Å²) in [7, 11) is 0. The third-order valence-corrected chi connectivity index (χ3v) is 1.86. The van der Waals surface area contributed by atoms with Crippen molar-refractivity contribution < 1.29 is 4.79 Å². The molecule has 0 saturated heterocycles. The van der Waals surface area contributed by atoms with Crippen LogP contribution in [0.2, 0.25) is 0 Å². The Morgan fingerprint density at radius 3 is 3.23 bits per heavy atom. The maximum atomic E-state index is 11.2. The second-order valence-electron chi connectivity index (χ2n) is 2.29. The predicted molar refractivity (Wildman–Crippen MR) is 50.0 cm³/mol. The Bertz CT molecular complexity index is 316. The molecule has 0 aliphatic rings. The first kappa shape index (κ1) is 9.64. The second-order valence-corrected chi connectivity index (χ2v) is 3.07. The Kier molecular flexibility index (Phi) is 3.37. The molecule has 1 atom stereocenters. The van der Waals surface area contributed by atoms with Crippen LogP contribution in [0.5, 0.6) is 0 Å². The quantitative estimate of drug-likeness (QED) is 0.657. The van der Waals surface area contributed by atoms with E-state index in [1.807, 2.05) is 0 Å². The Hall–Kier alpha value is -1.45. The third-order valence-electron chi connectivity index (χ3n) is 1.28. The minimum absolute atomic E-state index is 0.220. The molecule has 1 unspecified atom stereocenters. The van der Waals surface area contributed by atoms with Gasteiger partial charge in [-0.1, -0.05) is 4.49 Å². The van der Waals surface area contributed by atoms with Gasteiger partial charge in [-0.3, -0.25) is 4.79 Å². The van der Waals surface area contributed by atoms with Crippen molar-refractivity contribution in [2.24, 2.45) is 5.73 Å². The van der Waals surface area contributed by atoms with Crippen molar-refractivity contribution in [1.29, 1.82) is 0 Å². The molecule has 0 aliphatic carbocycles.